The van der Waals surface area contributed by atoms with E-state index in [4.69, 9.17) is 5.11 Å². The average Bonchev–Trinajstić information content (AvgIpc) is 2.71. The number of carbonyl (C=O) groups is 2. The molecule has 1 saturated heterocycles. The normalized spacial score (nSPS) is 16.6. The molecule has 1 heterocycles. The fraction of sp³-hybridized carbons (Fsp3) is 0.579. The number of hydrogen-bond acceptors (Lipinski definition) is 5. The summed E-state index contributed by atoms with van der Waals surface area (Å²) in [5, 5.41) is 11.6. The molecule has 1 fully saturated rings. The van der Waals surface area contributed by atoms with E-state index >= 15 is 0 Å². The van der Waals surface area contributed by atoms with Crippen molar-refractivity contribution in [3.63, 3.8) is 0 Å². The van der Waals surface area contributed by atoms with Crippen molar-refractivity contribution in [3.05, 3.63) is 30.3 Å². The summed E-state index contributed by atoms with van der Waals surface area (Å²) in [6.45, 7) is 3.62. The zero-order chi connectivity index (χ0) is 20.6. The lowest BCUT2D eigenvalue weighted by Crippen LogP contribution is -2.50. The Kier molecular flexibility index (Phi) is 8.40. The largest absolute Gasteiger partial charge is 0.396 e. The molecule has 1 aliphatic rings. The number of aliphatic hydroxyl groups is 1. The van der Waals surface area contributed by atoms with E-state index in [1.807, 2.05) is 6.92 Å². The molecule has 2 rings (SSSR count). The topological polar surface area (TPSA) is 107 Å². The van der Waals surface area contributed by atoms with E-state index in [0.29, 0.717) is 26.1 Å². The maximum Gasteiger partial charge on any atom is 0.243 e. The van der Waals surface area contributed by atoms with Crippen molar-refractivity contribution in [3.8, 4) is 0 Å². The number of nitrogens with one attached hydrogen (secondary N) is 1. The number of nitrogens with zero attached hydrogens (tertiary/aromatic N) is 2. The van der Waals surface area contributed by atoms with Gasteiger partial charge in [-0.2, -0.15) is 4.31 Å². The Morgan fingerprint density at radius 2 is 1.75 bits per heavy atom. The first-order chi connectivity index (χ1) is 13.3. The monoisotopic (exact) mass is 411 g/mol. The molecule has 0 unspecified atom stereocenters. The van der Waals surface area contributed by atoms with Crippen LogP contribution in [0, 0.1) is 5.92 Å². The summed E-state index contributed by atoms with van der Waals surface area (Å²) in [5.74, 6) is -0.150. The standard InChI is InChI=1S/C19H29N3O5S/c1-16(9-14-23)15-20-18(24)7-8-19(25)21-10-12-22(13-11-21)28(26,27)17-5-3-2-4-6-17/h2-6,16,23H,7-15H2,1H3,(H,20,24)/t16-/m1/s1. The molecule has 0 bridgehead atoms. The van der Waals surface area contributed by atoms with Crippen molar-refractivity contribution < 1.29 is 23.1 Å². The van der Waals surface area contributed by atoms with Crippen LogP contribution in [0.3, 0.4) is 0 Å². The van der Waals surface area contributed by atoms with Crippen LogP contribution in [0.15, 0.2) is 35.2 Å². The van der Waals surface area contributed by atoms with Crippen LogP contribution >= 0.6 is 0 Å². The van der Waals surface area contributed by atoms with Crippen molar-refractivity contribution in [1.29, 1.82) is 0 Å². The molecule has 9 heteroatoms. The SMILES string of the molecule is C[C@H](CCO)CNC(=O)CCC(=O)N1CCN(S(=O)(=O)c2ccccc2)CC1. The second-order valence-electron chi connectivity index (χ2n) is 7.02. The molecule has 1 aromatic carbocycles. The van der Waals surface area contributed by atoms with Crippen molar-refractivity contribution >= 4 is 21.8 Å². The average molecular weight is 412 g/mol. The van der Waals surface area contributed by atoms with Gasteiger partial charge in [0.05, 0.1) is 4.90 Å². The summed E-state index contributed by atoms with van der Waals surface area (Å²) in [6.07, 6.45) is 0.828. The number of amides is 2. The van der Waals surface area contributed by atoms with Crippen molar-refractivity contribution in [2.24, 2.45) is 5.92 Å². The molecule has 2 N–H and O–H groups in total. The lowest BCUT2D eigenvalue weighted by atomic mass is 10.1. The van der Waals surface area contributed by atoms with Gasteiger partial charge in [-0.25, -0.2) is 8.42 Å². The third-order valence-corrected chi connectivity index (χ3v) is 6.72. The molecule has 1 aromatic rings. The van der Waals surface area contributed by atoms with Gasteiger partial charge in [0.15, 0.2) is 0 Å². The lowest BCUT2D eigenvalue weighted by molar-refractivity contribution is -0.134. The predicted octanol–water partition coefficient (Wildman–Crippen LogP) is 0.434. The molecule has 8 nitrogen and oxygen atoms in total. The van der Waals surface area contributed by atoms with Gasteiger partial charge >= 0.3 is 0 Å². The van der Waals surface area contributed by atoms with Crippen LogP contribution < -0.4 is 5.32 Å². The van der Waals surface area contributed by atoms with Gasteiger partial charge in [0.2, 0.25) is 21.8 Å². The first-order valence-electron chi connectivity index (χ1n) is 9.55. The Balaban J connectivity index is 1.75. The zero-order valence-corrected chi connectivity index (χ0v) is 17.0. The number of sulfonamides is 1. The summed E-state index contributed by atoms with van der Waals surface area (Å²) >= 11 is 0. The summed E-state index contributed by atoms with van der Waals surface area (Å²) in [7, 11) is -3.54. The number of benzene rings is 1. The molecular formula is C19H29N3O5S. The molecule has 156 valence electrons. The number of hydrogen-bond donors (Lipinski definition) is 2. The fourth-order valence-electron chi connectivity index (χ4n) is 3.00. The third-order valence-electron chi connectivity index (χ3n) is 4.81. The minimum atomic E-state index is -3.54. The minimum absolute atomic E-state index is 0.0848. The van der Waals surface area contributed by atoms with Crippen molar-refractivity contribution in [2.45, 2.75) is 31.1 Å². The van der Waals surface area contributed by atoms with Gasteiger partial charge in [-0.15, -0.1) is 0 Å². The Morgan fingerprint density at radius 1 is 1.11 bits per heavy atom. The zero-order valence-electron chi connectivity index (χ0n) is 16.2. The molecule has 28 heavy (non-hydrogen) atoms. The van der Waals surface area contributed by atoms with Crippen LogP contribution in [-0.4, -0.2) is 73.9 Å². The fourth-order valence-corrected chi connectivity index (χ4v) is 4.44. The van der Waals surface area contributed by atoms with E-state index in [-0.39, 0.29) is 55.2 Å². The van der Waals surface area contributed by atoms with Crippen LogP contribution in [0.4, 0.5) is 0 Å². The van der Waals surface area contributed by atoms with E-state index in [1.165, 1.54) is 4.31 Å². The smallest absolute Gasteiger partial charge is 0.243 e. The molecular weight excluding hydrogens is 382 g/mol. The van der Waals surface area contributed by atoms with Gasteiger partial charge in [-0.05, 0) is 24.5 Å². The predicted molar refractivity (Wildman–Crippen MR) is 105 cm³/mol. The molecule has 0 spiro atoms. The first-order valence-corrected chi connectivity index (χ1v) is 11.0. The van der Waals surface area contributed by atoms with Crippen LogP contribution in [-0.2, 0) is 19.6 Å². The molecule has 0 aromatic heterocycles. The van der Waals surface area contributed by atoms with Gasteiger partial charge in [-0.1, -0.05) is 25.1 Å². The first kappa shape index (κ1) is 22.3. The quantitative estimate of drug-likeness (QED) is 0.613. The summed E-state index contributed by atoms with van der Waals surface area (Å²) in [6, 6.07) is 8.25. The third kappa shape index (κ3) is 6.29. The Labute approximate surface area is 166 Å². The van der Waals surface area contributed by atoms with Crippen LogP contribution in [0.2, 0.25) is 0 Å². The summed E-state index contributed by atoms with van der Waals surface area (Å²) < 4.78 is 26.6. The Hall–Kier alpha value is -1.97. The highest BCUT2D eigenvalue weighted by atomic mass is 32.2. The van der Waals surface area contributed by atoms with Crippen LogP contribution in [0.1, 0.15) is 26.2 Å². The maximum absolute atomic E-state index is 12.6. The summed E-state index contributed by atoms with van der Waals surface area (Å²) in [4.78, 5) is 26.0. The second-order valence-corrected chi connectivity index (χ2v) is 8.96. The van der Waals surface area contributed by atoms with Gasteiger partial charge in [-0.3, -0.25) is 9.59 Å². The van der Waals surface area contributed by atoms with E-state index in [2.05, 4.69) is 5.32 Å². The van der Waals surface area contributed by atoms with E-state index in [0.717, 1.165) is 0 Å². The number of rotatable bonds is 9. The Morgan fingerprint density at radius 3 is 2.36 bits per heavy atom. The summed E-state index contributed by atoms with van der Waals surface area (Å²) in [5.41, 5.74) is 0. The highest BCUT2D eigenvalue weighted by Gasteiger charge is 2.29. The van der Waals surface area contributed by atoms with E-state index in [9.17, 15) is 18.0 Å². The molecule has 0 radical (unpaired) electrons. The second kappa shape index (κ2) is 10.5. The molecule has 1 aliphatic heterocycles. The van der Waals surface area contributed by atoms with Crippen LogP contribution in [0.25, 0.3) is 0 Å². The maximum atomic E-state index is 12.6. The van der Waals surface area contributed by atoms with Crippen molar-refractivity contribution in [2.75, 3.05) is 39.3 Å². The number of piperazine rings is 1. The molecule has 2 amide bonds. The van der Waals surface area contributed by atoms with Gasteiger partial charge in [0, 0.05) is 52.2 Å². The van der Waals surface area contributed by atoms with Gasteiger partial charge < -0.3 is 15.3 Å². The minimum Gasteiger partial charge on any atom is -0.396 e. The van der Waals surface area contributed by atoms with Gasteiger partial charge in [0.25, 0.3) is 0 Å². The highest BCUT2D eigenvalue weighted by Crippen LogP contribution is 2.17. The number of carbonyl (C=O) groups excluding carboxylic acids is 2. The van der Waals surface area contributed by atoms with Crippen molar-refractivity contribution in [1.82, 2.24) is 14.5 Å². The van der Waals surface area contributed by atoms with E-state index in [1.54, 1.807) is 35.2 Å². The number of aliphatic hydroxyl groups excluding tert-OH is 1. The van der Waals surface area contributed by atoms with Gasteiger partial charge in [0.1, 0.15) is 0 Å². The van der Waals surface area contributed by atoms with Crippen LogP contribution in [0.5, 0.6) is 0 Å². The Bertz CT molecular complexity index is 746. The lowest BCUT2D eigenvalue weighted by Gasteiger charge is -2.34. The highest BCUT2D eigenvalue weighted by molar-refractivity contribution is 7.89. The molecule has 0 aliphatic carbocycles. The molecule has 0 saturated carbocycles. The molecule has 1 atom stereocenters. The van der Waals surface area contributed by atoms with E-state index < -0.39 is 10.0 Å².